The fourth-order valence-corrected chi connectivity index (χ4v) is 3.35. The number of hydrogen-bond donors (Lipinski definition) is 1. The maximum Gasteiger partial charge on any atom is 0.266 e. The number of ether oxygens (including phenoxy) is 3. The lowest BCUT2D eigenvalue weighted by atomic mass is 10.1. The Morgan fingerprint density at radius 1 is 1.00 bits per heavy atom. The Labute approximate surface area is 201 Å². The van der Waals surface area contributed by atoms with Crippen molar-refractivity contribution in [3.63, 3.8) is 0 Å². The van der Waals surface area contributed by atoms with Gasteiger partial charge in [0.05, 0.1) is 14.2 Å². The molecule has 0 spiro atoms. The van der Waals surface area contributed by atoms with Gasteiger partial charge in [0.1, 0.15) is 24.0 Å². The van der Waals surface area contributed by atoms with Gasteiger partial charge < -0.3 is 19.5 Å². The van der Waals surface area contributed by atoms with Gasteiger partial charge in [-0.05, 0) is 60.2 Å². The summed E-state index contributed by atoms with van der Waals surface area (Å²) >= 11 is 12.1. The fraction of sp³-hybridized carbons (Fsp3) is 0.120. The molecular formula is C25H20Cl2N2O4. The number of carbonyl (C=O) groups excluding carboxylic acids is 1. The maximum absolute atomic E-state index is 12.6. The van der Waals surface area contributed by atoms with E-state index in [-0.39, 0.29) is 12.2 Å². The van der Waals surface area contributed by atoms with Crippen molar-refractivity contribution in [1.29, 1.82) is 5.26 Å². The van der Waals surface area contributed by atoms with Crippen molar-refractivity contribution in [2.45, 2.75) is 6.61 Å². The van der Waals surface area contributed by atoms with E-state index in [0.29, 0.717) is 38.5 Å². The largest absolute Gasteiger partial charge is 0.493 e. The van der Waals surface area contributed by atoms with Crippen LogP contribution in [0.1, 0.15) is 11.1 Å². The lowest BCUT2D eigenvalue weighted by molar-refractivity contribution is -0.112. The van der Waals surface area contributed by atoms with Gasteiger partial charge in [0.15, 0.2) is 11.5 Å². The average molecular weight is 483 g/mol. The van der Waals surface area contributed by atoms with E-state index < -0.39 is 5.91 Å². The predicted octanol–water partition coefficient (Wildman–Crippen LogP) is 6.14. The summed E-state index contributed by atoms with van der Waals surface area (Å²) in [6, 6.07) is 19.0. The zero-order valence-corrected chi connectivity index (χ0v) is 19.4. The molecule has 168 valence electrons. The van der Waals surface area contributed by atoms with Crippen LogP contribution in [0.2, 0.25) is 10.0 Å². The van der Waals surface area contributed by atoms with Gasteiger partial charge in [-0.2, -0.15) is 5.26 Å². The Morgan fingerprint density at radius 3 is 2.36 bits per heavy atom. The smallest absolute Gasteiger partial charge is 0.266 e. The molecule has 0 saturated heterocycles. The van der Waals surface area contributed by atoms with Crippen molar-refractivity contribution < 1.29 is 19.0 Å². The van der Waals surface area contributed by atoms with Crippen molar-refractivity contribution in [3.05, 3.63) is 87.4 Å². The first kappa shape index (κ1) is 24.0. The molecule has 0 aliphatic rings. The third-order valence-corrected chi connectivity index (χ3v) is 5.19. The lowest BCUT2D eigenvalue weighted by Gasteiger charge is -2.10. The summed E-state index contributed by atoms with van der Waals surface area (Å²) < 4.78 is 16.2. The molecule has 0 bridgehead atoms. The van der Waals surface area contributed by atoms with Gasteiger partial charge in [0.25, 0.3) is 5.91 Å². The number of nitrogens with zero attached hydrogens (tertiary/aromatic N) is 1. The van der Waals surface area contributed by atoms with Crippen LogP contribution in [0.3, 0.4) is 0 Å². The molecule has 0 aromatic heterocycles. The van der Waals surface area contributed by atoms with Gasteiger partial charge in [-0.25, -0.2) is 0 Å². The quantitative estimate of drug-likeness (QED) is 0.308. The SMILES string of the molecule is COc1ccc(/C=C(\C#N)C(=O)Nc2ccc(OCc3ccc(Cl)cc3Cl)cc2)cc1OC. The number of anilines is 1. The van der Waals surface area contributed by atoms with E-state index in [2.05, 4.69) is 5.32 Å². The number of methoxy groups -OCH3 is 2. The number of nitrogens with one attached hydrogen (secondary N) is 1. The summed E-state index contributed by atoms with van der Waals surface area (Å²) in [6.45, 7) is 0.272. The van der Waals surface area contributed by atoms with Gasteiger partial charge in [-0.15, -0.1) is 0 Å². The molecule has 0 radical (unpaired) electrons. The first-order chi connectivity index (χ1) is 15.9. The minimum Gasteiger partial charge on any atom is -0.493 e. The second-order valence-electron chi connectivity index (χ2n) is 6.79. The molecule has 0 unspecified atom stereocenters. The molecule has 0 aliphatic heterocycles. The number of hydrogen-bond acceptors (Lipinski definition) is 5. The molecule has 0 saturated carbocycles. The van der Waals surface area contributed by atoms with E-state index in [1.807, 2.05) is 6.07 Å². The van der Waals surface area contributed by atoms with Gasteiger partial charge in [0, 0.05) is 21.3 Å². The minimum absolute atomic E-state index is 0.0556. The third-order valence-electron chi connectivity index (χ3n) is 4.61. The lowest BCUT2D eigenvalue weighted by Crippen LogP contribution is -2.13. The van der Waals surface area contributed by atoms with Crippen LogP contribution in [-0.4, -0.2) is 20.1 Å². The highest BCUT2D eigenvalue weighted by Crippen LogP contribution is 2.28. The first-order valence-electron chi connectivity index (χ1n) is 9.75. The maximum atomic E-state index is 12.6. The molecule has 3 aromatic carbocycles. The monoisotopic (exact) mass is 482 g/mol. The van der Waals surface area contributed by atoms with Crippen molar-refractivity contribution >= 4 is 40.9 Å². The van der Waals surface area contributed by atoms with E-state index >= 15 is 0 Å². The predicted molar refractivity (Wildman–Crippen MR) is 129 cm³/mol. The van der Waals surface area contributed by atoms with E-state index in [9.17, 15) is 10.1 Å². The molecule has 3 rings (SSSR count). The van der Waals surface area contributed by atoms with E-state index in [1.54, 1.807) is 60.7 Å². The number of halogens is 2. The van der Waals surface area contributed by atoms with Crippen LogP contribution in [0.5, 0.6) is 17.2 Å². The molecule has 0 aliphatic carbocycles. The highest BCUT2D eigenvalue weighted by molar-refractivity contribution is 6.35. The number of rotatable bonds is 8. The van der Waals surface area contributed by atoms with E-state index in [1.165, 1.54) is 20.3 Å². The van der Waals surface area contributed by atoms with Crippen molar-refractivity contribution in [1.82, 2.24) is 0 Å². The third kappa shape index (κ3) is 6.42. The van der Waals surface area contributed by atoms with Crippen molar-refractivity contribution in [2.24, 2.45) is 0 Å². The molecule has 1 N–H and O–H groups in total. The summed E-state index contributed by atoms with van der Waals surface area (Å²) in [5.41, 5.74) is 1.90. The summed E-state index contributed by atoms with van der Waals surface area (Å²) in [6.07, 6.45) is 1.48. The highest BCUT2D eigenvalue weighted by Gasteiger charge is 2.11. The molecule has 8 heteroatoms. The highest BCUT2D eigenvalue weighted by atomic mass is 35.5. The zero-order chi connectivity index (χ0) is 23.8. The second kappa shape index (κ2) is 11.3. The molecule has 0 heterocycles. The first-order valence-corrected chi connectivity index (χ1v) is 10.5. The number of nitriles is 1. The van der Waals surface area contributed by atoms with Crippen molar-refractivity contribution in [3.8, 4) is 23.3 Å². The average Bonchev–Trinajstić information content (AvgIpc) is 2.82. The standard InChI is InChI=1S/C25H20Cl2N2O4/c1-31-23-10-3-16(12-24(23)32-2)11-18(14-28)25(30)29-20-6-8-21(9-7-20)33-15-17-4-5-19(26)13-22(17)27/h3-13H,15H2,1-2H3,(H,29,30)/b18-11+. The van der Waals surface area contributed by atoms with Crippen LogP contribution in [0.4, 0.5) is 5.69 Å². The van der Waals surface area contributed by atoms with Crippen LogP contribution >= 0.6 is 23.2 Å². The van der Waals surface area contributed by atoms with Crippen molar-refractivity contribution in [2.75, 3.05) is 19.5 Å². The molecule has 0 atom stereocenters. The molecule has 33 heavy (non-hydrogen) atoms. The van der Waals surface area contributed by atoms with Crippen LogP contribution in [-0.2, 0) is 11.4 Å². The van der Waals surface area contributed by atoms with Gasteiger partial charge in [0.2, 0.25) is 0 Å². The Morgan fingerprint density at radius 2 is 1.73 bits per heavy atom. The van der Waals surface area contributed by atoms with Crippen LogP contribution < -0.4 is 19.5 Å². The van der Waals surface area contributed by atoms with Gasteiger partial charge in [-0.1, -0.05) is 35.3 Å². The van der Waals surface area contributed by atoms with Crippen LogP contribution in [0.25, 0.3) is 6.08 Å². The number of benzene rings is 3. The Balaban J connectivity index is 1.65. The molecule has 1 amide bonds. The zero-order valence-electron chi connectivity index (χ0n) is 17.9. The summed E-state index contributed by atoms with van der Waals surface area (Å²) in [5, 5.41) is 13.2. The minimum atomic E-state index is -0.533. The topological polar surface area (TPSA) is 80.6 Å². The summed E-state index contributed by atoms with van der Waals surface area (Å²) in [5.74, 6) is 1.12. The van der Waals surface area contributed by atoms with E-state index in [4.69, 9.17) is 37.4 Å². The fourth-order valence-electron chi connectivity index (χ4n) is 2.89. The van der Waals surface area contributed by atoms with E-state index in [0.717, 1.165) is 5.56 Å². The Hall–Kier alpha value is -3.66. The normalized spacial score (nSPS) is 10.8. The van der Waals surface area contributed by atoms with Gasteiger partial charge >= 0.3 is 0 Å². The number of amides is 1. The van der Waals surface area contributed by atoms with Crippen LogP contribution in [0.15, 0.2) is 66.2 Å². The molecule has 6 nitrogen and oxygen atoms in total. The van der Waals surface area contributed by atoms with Gasteiger partial charge in [-0.3, -0.25) is 4.79 Å². The van der Waals surface area contributed by atoms with Crippen LogP contribution in [0, 0.1) is 11.3 Å². The number of carbonyl (C=O) groups is 1. The summed E-state index contributed by atoms with van der Waals surface area (Å²) in [7, 11) is 3.05. The molecular weight excluding hydrogens is 463 g/mol. The summed E-state index contributed by atoms with van der Waals surface area (Å²) in [4.78, 5) is 12.6. The molecule has 3 aromatic rings. The Kier molecular flexibility index (Phi) is 8.20. The Bertz CT molecular complexity index is 1220. The molecule has 0 fully saturated rings. The second-order valence-corrected chi connectivity index (χ2v) is 7.63.